The molecule has 0 aliphatic rings. The lowest BCUT2D eigenvalue weighted by molar-refractivity contribution is -0.119. The zero-order valence-corrected chi connectivity index (χ0v) is 17.6. The van der Waals surface area contributed by atoms with Gasteiger partial charge in [-0.25, -0.2) is 4.68 Å². The van der Waals surface area contributed by atoms with Gasteiger partial charge < -0.3 is 9.47 Å². The largest absolute Gasteiger partial charge is 0.336 e. The average molecular weight is 402 g/mol. The molecule has 154 valence electrons. The molecule has 2 heterocycles. The first kappa shape index (κ1) is 19.9. The minimum absolute atomic E-state index is 0.0927. The molecule has 0 saturated heterocycles. The quantitative estimate of drug-likeness (QED) is 0.487. The molecule has 0 fully saturated rings. The van der Waals surface area contributed by atoms with E-state index >= 15 is 0 Å². The lowest BCUT2D eigenvalue weighted by Crippen LogP contribution is -2.38. The Bertz CT molecular complexity index is 1290. The second kappa shape index (κ2) is 8.14. The van der Waals surface area contributed by atoms with Crippen molar-refractivity contribution >= 4 is 33.4 Å². The predicted molar refractivity (Wildman–Crippen MR) is 121 cm³/mol. The molecule has 0 bridgehead atoms. The van der Waals surface area contributed by atoms with Gasteiger partial charge in [-0.3, -0.25) is 9.59 Å². The number of likely N-dealkylation sites (N-methyl/N-ethyl adjacent to an activating group) is 1. The Balaban J connectivity index is 1.78. The van der Waals surface area contributed by atoms with E-state index in [1.165, 1.54) is 4.68 Å². The molecule has 6 nitrogen and oxygen atoms in total. The SMILES string of the molecule is CCCn1c2ccccc2c2cnn(CC(=O)N(CC)c3ccccc3C)c(=O)c21. The molecule has 0 N–H and O–H groups in total. The third-order valence-corrected chi connectivity index (χ3v) is 5.53. The lowest BCUT2D eigenvalue weighted by Gasteiger charge is -2.23. The van der Waals surface area contributed by atoms with Crippen molar-refractivity contribution in [1.29, 1.82) is 0 Å². The van der Waals surface area contributed by atoms with Gasteiger partial charge >= 0.3 is 0 Å². The number of fused-ring (bicyclic) bond motifs is 3. The predicted octanol–water partition coefficient (Wildman–Crippen LogP) is 4.12. The van der Waals surface area contributed by atoms with Crippen LogP contribution in [0.15, 0.2) is 59.5 Å². The summed E-state index contributed by atoms with van der Waals surface area (Å²) in [4.78, 5) is 28.1. The maximum absolute atomic E-state index is 13.4. The highest BCUT2D eigenvalue weighted by atomic mass is 16.2. The monoisotopic (exact) mass is 402 g/mol. The molecule has 6 heteroatoms. The van der Waals surface area contributed by atoms with E-state index in [2.05, 4.69) is 16.6 Å². The van der Waals surface area contributed by atoms with Crippen LogP contribution in [0.5, 0.6) is 0 Å². The van der Waals surface area contributed by atoms with Gasteiger partial charge in [0.05, 0.1) is 6.20 Å². The maximum atomic E-state index is 13.4. The summed E-state index contributed by atoms with van der Waals surface area (Å²) in [5.41, 5.74) is 3.28. The van der Waals surface area contributed by atoms with Crippen molar-refractivity contribution in [2.75, 3.05) is 11.4 Å². The standard InChI is InChI=1S/C24H26N4O2/c1-4-14-27-21-13-9-7-11-18(21)19-15-25-28(24(30)23(19)27)16-22(29)26(5-2)20-12-8-6-10-17(20)3/h6-13,15H,4-5,14,16H2,1-3H3. The first-order chi connectivity index (χ1) is 14.6. The summed E-state index contributed by atoms with van der Waals surface area (Å²) < 4.78 is 3.34. The molecule has 0 saturated carbocycles. The van der Waals surface area contributed by atoms with Crippen molar-refractivity contribution in [1.82, 2.24) is 14.3 Å². The number of anilines is 1. The Labute approximate surface area is 175 Å². The van der Waals surface area contributed by atoms with Crippen LogP contribution in [0.25, 0.3) is 21.8 Å². The Morgan fingerprint density at radius 3 is 2.50 bits per heavy atom. The molecule has 4 aromatic rings. The van der Waals surface area contributed by atoms with Crippen molar-refractivity contribution in [3.63, 3.8) is 0 Å². The molecule has 0 aliphatic heterocycles. The van der Waals surface area contributed by atoms with Crippen LogP contribution in [0.1, 0.15) is 25.8 Å². The smallest absolute Gasteiger partial charge is 0.291 e. The van der Waals surface area contributed by atoms with E-state index in [0.29, 0.717) is 12.1 Å². The summed E-state index contributed by atoms with van der Waals surface area (Å²) in [7, 11) is 0. The first-order valence-corrected chi connectivity index (χ1v) is 10.4. The summed E-state index contributed by atoms with van der Waals surface area (Å²) >= 11 is 0. The molecular weight excluding hydrogens is 376 g/mol. The van der Waals surface area contributed by atoms with Crippen LogP contribution in [0.3, 0.4) is 0 Å². The molecule has 2 aromatic heterocycles. The first-order valence-electron chi connectivity index (χ1n) is 10.4. The number of carbonyl (C=O) groups excluding carboxylic acids is 1. The molecule has 0 radical (unpaired) electrons. The fraction of sp³-hybridized carbons (Fsp3) is 0.292. The van der Waals surface area contributed by atoms with E-state index in [4.69, 9.17) is 0 Å². The number of hydrogen-bond donors (Lipinski definition) is 0. The van der Waals surface area contributed by atoms with E-state index < -0.39 is 0 Å². The number of aromatic nitrogens is 3. The Hall–Kier alpha value is -3.41. The highest BCUT2D eigenvalue weighted by Gasteiger charge is 2.20. The van der Waals surface area contributed by atoms with Crippen molar-refractivity contribution in [3.8, 4) is 0 Å². The molecule has 0 atom stereocenters. The number of amides is 1. The third-order valence-electron chi connectivity index (χ3n) is 5.53. The highest BCUT2D eigenvalue weighted by molar-refractivity contribution is 6.07. The van der Waals surface area contributed by atoms with E-state index in [1.54, 1.807) is 11.1 Å². The summed E-state index contributed by atoms with van der Waals surface area (Å²) in [6, 6.07) is 15.7. The highest BCUT2D eigenvalue weighted by Crippen LogP contribution is 2.26. The summed E-state index contributed by atoms with van der Waals surface area (Å²) in [5.74, 6) is -0.154. The van der Waals surface area contributed by atoms with E-state index in [9.17, 15) is 9.59 Å². The summed E-state index contributed by atoms with van der Waals surface area (Å²) in [5, 5.41) is 6.19. The Morgan fingerprint density at radius 1 is 1.03 bits per heavy atom. The number of para-hydroxylation sites is 2. The number of nitrogens with zero attached hydrogens (tertiary/aromatic N) is 4. The molecule has 30 heavy (non-hydrogen) atoms. The molecule has 0 spiro atoms. The minimum atomic E-state index is -0.230. The number of rotatable bonds is 6. The van der Waals surface area contributed by atoms with E-state index in [1.807, 2.05) is 62.4 Å². The van der Waals surface area contributed by atoms with Crippen LogP contribution in [0, 0.1) is 6.92 Å². The number of hydrogen-bond acceptors (Lipinski definition) is 3. The van der Waals surface area contributed by atoms with Crippen LogP contribution in [-0.4, -0.2) is 26.8 Å². The normalized spacial score (nSPS) is 11.3. The van der Waals surface area contributed by atoms with Crippen molar-refractivity contribution in [2.24, 2.45) is 0 Å². The second-order valence-electron chi connectivity index (χ2n) is 7.46. The Morgan fingerprint density at radius 2 is 1.77 bits per heavy atom. The molecule has 4 rings (SSSR count). The van der Waals surface area contributed by atoms with Crippen LogP contribution in [0.4, 0.5) is 5.69 Å². The van der Waals surface area contributed by atoms with Crippen molar-refractivity contribution in [3.05, 3.63) is 70.6 Å². The zero-order valence-electron chi connectivity index (χ0n) is 17.6. The van der Waals surface area contributed by atoms with Gasteiger partial charge in [0, 0.05) is 35.1 Å². The van der Waals surface area contributed by atoms with Crippen molar-refractivity contribution < 1.29 is 4.79 Å². The maximum Gasteiger partial charge on any atom is 0.291 e. The van der Waals surface area contributed by atoms with E-state index in [-0.39, 0.29) is 18.0 Å². The number of benzene rings is 2. The van der Waals surface area contributed by atoms with Crippen LogP contribution < -0.4 is 10.5 Å². The molecule has 1 amide bonds. The van der Waals surface area contributed by atoms with Gasteiger partial charge in [-0.05, 0) is 38.0 Å². The number of carbonyl (C=O) groups is 1. The van der Waals surface area contributed by atoms with Crippen LogP contribution in [0.2, 0.25) is 0 Å². The summed E-state index contributed by atoms with van der Waals surface area (Å²) in [6.45, 7) is 7.17. The van der Waals surface area contributed by atoms with Gasteiger partial charge in [-0.2, -0.15) is 5.10 Å². The molecule has 0 aliphatic carbocycles. The lowest BCUT2D eigenvalue weighted by atomic mass is 10.2. The third kappa shape index (κ3) is 3.28. The van der Waals surface area contributed by atoms with Gasteiger partial charge in [0.25, 0.3) is 5.56 Å². The number of aryl methyl sites for hydroxylation is 2. The molecule has 0 unspecified atom stereocenters. The van der Waals surface area contributed by atoms with Crippen LogP contribution in [-0.2, 0) is 17.9 Å². The van der Waals surface area contributed by atoms with Gasteiger partial charge in [0.2, 0.25) is 5.91 Å². The summed E-state index contributed by atoms with van der Waals surface area (Å²) in [6.07, 6.45) is 2.62. The zero-order chi connectivity index (χ0) is 21.3. The topological polar surface area (TPSA) is 60.1 Å². The average Bonchev–Trinajstić information content (AvgIpc) is 3.07. The Kier molecular flexibility index (Phi) is 5.40. The minimum Gasteiger partial charge on any atom is -0.336 e. The van der Waals surface area contributed by atoms with Gasteiger partial charge in [0.15, 0.2) is 0 Å². The fourth-order valence-corrected chi connectivity index (χ4v) is 4.12. The van der Waals surface area contributed by atoms with E-state index in [0.717, 1.165) is 40.5 Å². The fourth-order valence-electron chi connectivity index (χ4n) is 4.12. The van der Waals surface area contributed by atoms with Crippen LogP contribution >= 0.6 is 0 Å². The molecule has 2 aromatic carbocycles. The van der Waals surface area contributed by atoms with Gasteiger partial charge in [-0.15, -0.1) is 0 Å². The van der Waals surface area contributed by atoms with Crippen molar-refractivity contribution in [2.45, 2.75) is 40.3 Å². The van der Waals surface area contributed by atoms with Gasteiger partial charge in [0.1, 0.15) is 12.1 Å². The second-order valence-corrected chi connectivity index (χ2v) is 7.46. The van der Waals surface area contributed by atoms with Gasteiger partial charge in [-0.1, -0.05) is 43.3 Å². The molecular formula is C24H26N4O2.